The molecule has 0 bridgehead atoms. The van der Waals surface area contributed by atoms with Gasteiger partial charge in [0.05, 0.1) is 17.4 Å². The van der Waals surface area contributed by atoms with E-state index in [4.69, 9.17) is 11.6 Å². The first-order valence-electron chi connectivity index (χ1n) is 9.34. The Morgan fingerprint density at radius 2 is 1.70 bits per heavy atom. The normalized spacial score (nSPS) is 16.5. The first-order chi connectivity index (χ1) is 13.2. The topological polar surface area (TPSA) is 52.2 Å². The van der Waals surface area contributed by atoms with E-state index >= 15 is 0 Å². The van der Waals surface area contributed by atoms with Crippen molar-refractivity contribution in [3.63, 3.8) is 0 Å². The van der Waals surface area contributed by atoms with Crippen molar-refractivity contribution >= 4 is 22.5 Å². The van der Waals surface area contributed by atoms with Crippen LogP contribution in [0.2, 0.25) is 5.02 Å². The summed E-state index contributed by atoms with van der Waals surface area (Å²) >= 11 is 6.05. The highest BCUT2D eigenvalue weighted by Crippen LogP contribution is 2.15. The first kappa shape index (κ1) is 18.2. The molecule has 2 aromatic carbocycles. The van der Waals surface area contributed by atoms with Crippen molar-refractivity contribution in [1.82, 2.24) is 19.8 Å². The zero-order chi connectivity index (χ0) is 18.6. The Labute approximate surface area is 163 Å². The van der Waals surface area contributed by atoms with Crippen LogP contribution < -0.4 is 5.56 Å². The van der Waals surface area contributed by atoms with Crippen molar-refractivity contribution in [3.8, 4) is 0 Å². The second-order valence-corrected chi connectivity index (χ2v) is 7.50. The van der Waals surface area contributed by atoms with Crippen LogP contribution in [0.3, 0.4) is 0 Å². The molecule has 1 N–H and O–H groups in total. The summed E-state index contributed by atoms with van der Waals surface area (Å²) < 4.78 is 0. The van der Waals surface area contributed by atoms with E-state index in [0.29, 0.717) is 28.3 Å². The van der Waals surface area contributed by atoms with E-state index in [1.165, 1.54) is 5.56 Å². The number of aromatic nitrogens is 2. The van der Waals surface area contributed by atoms with E-state index < -0.39 is 0 Å². The first-order valence-corrected chi connectivity index (χ1v) is 9.72. The molecule has 1 fully saturated rings. The summed E-state index contributed by atoms with van der Waals surface area (Å²) in [7, 11) is 0. The second kappa shape index (κ2) is 8.21. The van der Waals surface area contributed by atoms with Gasteiger partial charge in [-0.05, 0) is 43.3 Å². The van der Waals surface area contributed by atoms with Gasteiger partial charge in [-0.15, -0.1) is 0 Å². The van der Waals surface area contributed by atoms with E-state index in [-0.39, 0.29) is 5.56 Å². The number of nitrogens with zero attached hydrogens (tertiary/aromatic N) is 3. The fourth-order valence-corrected chi connectivity index (χ4v) is 3.80. The maximum Gasteiger partial charge on any atom is 0.258 e. The lowest BCUT2D eigenvalue weighted by Crippen LogP contribution is -2.31. The fourth-order valence-electron chi connectivity index (χ4n) is 3.63. The lowest BCUT2D eigenvalue weighted by molar-refractivity contribution is 0.244. The number of rotatable bonds is 4. The zero-order valence-electron chi connectivity index (χ0n) is 15.2. The van der Waals surface area contributed by atoms with Gasteiger partial charge in [-0.1, -0.05) is 41.9 Å². The summed E-state index contributed by atoms with van der Waals surface area (Å²) in [4.78, 5) is 24.7. The van der Waals surface area contributed by atoms with Crippen molar-refractivity contribution < 1.29 is 0 Å². The van der Waals surface area contributed by atoms with E-state index in [0.717, 1.165) is 39.1 Å². The molecular weight excluding hydrogens is 360 g/mol. The van der Waals surface area contributed by atoms with Gasteiger partial charge in [0, 0.05) is 24.7 Å². The highest BCUT2D eigenvalue weighted by molar-refractivity contribution is 6.31. The number of nitrogens with one attached hydrogen (secondary N) is 1. The highest BCUT2D eigenvalue weighted by atomic mass is 35.5. The molecule has 0 unspecified atom stereocenters. The van der Waals surface area contributed by atoms with E-state index in [2.05, 4.69) is 50.1 Å². The Balaban J connectivity index is 1.43. The summed E-state index contributed by atoms with van der Waals surface area (Å²) in [6.45, 7) is 5.70. The van der Waals surface area contributed by atoms with Gasteiger partial charge in [-0.25, -0.2) is 4.98 Å². The minimum absolute atomic E-state index is 0.104. The Morgan fingerprint density at radius 1 is 0.963 bits per heavy atom. The quantitative estimate of drug-likeness (QED) is 0.752. The zero-order valence-corrected chi connectivity index (χ0v) is 16.0. The molecule has 4 rings (SSSR count). The van der Waals surface area contributed by atoms with Gasteiger partial charge >= 0.3 is 0 Å². The molecule has 0 spiro atoms. The molecule has 3 aromatic rings. The number of fused-ring (bicyclic) bond motifs is 1. The molecule has 6 heteroatoms. The molecule has 0 atom stereocenters. The molecule has 0 saturated carbocycles. The smallest absolute Gasteiger partial charge is 0.258 e. The third-order valence-corrected chi connectivity index (χ3v) is 5.26. The van der Waals surface area contributed by atoms with E-state index in [1.807, 2.05) is 0 Å². The molecule has 1 aliphatic heterocycles. The van der Waals surface area contributed by atoms with Gasteiger partial charge in [0.1, 0.15) is 5.82 Å². The molecule has 1 saturated heterocycles. The summed E-state index contributed by atoms with van der Waals surface area (Å²) in [5, 5.41) is 1.17. The number of aromatic amines is 1. The fraction of sp³-hybridized carbons (Fsp3) is 0.333. The Hall–Kier alpha value is -2.21. The molecular formula is C21H23ClN4O. The Kier molecular flexibility index (Phi) is 5.53. The lowest BCUT2D eigenvalue weighted by atomic mass is 10.2. The van der Waals surface area contributed by atoms with Gasteiger partial charge in [0.2, 0.25) is 0 Å². The minimum atomic E-state index is -0.104. The highest BCUT2D eigenvalue weighted by Gasteiger charge is 2.16. The molecule has 27 heavy (non-hydrogen) atoms. The monoisotopic (exact) mass is 382 g/mol. The number of H-pyrrole nitrogens is 1. The number of hydrogen-bond acceptors (Lipinski definition) is 4. The average Bonchev–Trinajstić information content (AvgIpc) is 2.87. The van der Waals surface area contributed by atoms with Crippen LogP contribution in [-0.4, -0.2) is 45.9 Å². The molecule has 140 valence electrons. The maximum absolute atomic E-state index is 12.3. The molecule has 2 heterocycles. The average molecular weight is 383 g/mol. The largest absolute Gasteiger partial charge is 0.309 e. The van der Waals surface area contributed by atoms with Crippen molar-refractivity contribution in [2.24, 2.45) is 0 Å². The molecule has 0 aliphatic carbocycles. The molecule has 0 radical (unpaired) electrons. The summed E-state index contributed by atoms with van der Waals surface area (Å²) in [5.41, 5.74) is 1.90. The third kappa shape index (κ3) is 4.56. The van der Waals surface area contributed by atoms with Gasteiger partial charge in [0.25, 0.3) is 5.56 Å². The third-order valence-electron chi connectivity index (χ3n) is 5.02. The maximum atomic E-state index is 12.3. The summed E-state index contributed by atoms with van der Waals surface area (Å²) in [6, 6.07) is 15.8. The van der Waals surface area contributed by atoms with Crippen molar-refractivity contribution in [2.75, 3.05) is 26.2 Å². The molecule has 1 aliphatic rings. The number of hydrogen-bond donors (Lipinski definition) is 1. The Morgan fingerprint density at radius 3 is 2.48 bits per heavy atom. The molecule has 5 nitrogen and oxygen atoms in total. The van der Waals surface area contributed by atoms with Gasteiger partial charge in [-0.3, -0.25) is 14.6 Å². The lowest BCUT2D eigenvalue weighted by Gasteiger charge is -2.21. The molecule has 1 aromatic heterocycles. The summed E-state index contributed by atoms with van der Waals surface area (Å²) in [6.07, 6.45) is 1.11. The van der Waals surface area contributed by atoms with Crippen molar-refractivity contribution in [2.45, 2.75) is 19.5 Å². The van der Waals surface area contributed by atoms with Crippen LogP contribution in [0.1, 0.15) is 17.8 Å². The van der Waals surface area contributed by atoms with Crippen LogP contribution in [0.15, 0.2) is 53.3 Å². The van der Waals surface area contributed by atoms with Gasteiger partial charge in [-0.2, -0.15) is 0 Å². The van der Waals surface area contributed by atoms with Gasteiger partial charge < -0.3 is 4.98 Å². The predicted octanol–water partition coefficient (Wildman–Crippen LogP) is 3.28. The van der Waals surface area contributed by atoms with E-state index in [1.54, 1.807) is 18.2 Å². The SMILES string of the molecule is O=c1[nH]c(CN2CCCN(Cc3ccccc3)CC2)nc2cc(Cl)ccc12. The van der Waals surface area contributed by atoms with Crippen LogP contribution in [0.25, 0.3) is 10.9 Å². The van der Waals surface area contributed by atoms with Gasteiger partial charge in [0.15, 0.2) is 0 Å². The molecule has 0 amide bonds. The van der Waals surface area contributed by atoms with Crippen molar-refractivity contribution in [1.29, 1.82) is 0 Å². The van der Waals surface area contributed by atoms with Crippen LogP contribution in [-0.2, 0) is 13.1 Å². The number of halogens is 1. The van der Waals surface area contributed by atoms with E-state index in [9.17, 15) is 4.79 Å². The van der Waals surface area contributed by atoms with Crippen LogP contribution in [0.5, 0.6) is 0 Å². The van der Waals surface area contributed by atoms with Crippen LogP contribution in [0.4, 0.5) is 0 Å². The Bertz CT molecular complexity index is 973. The number of benzene rings is 2. The standard InChI is InChI=1S/C21H23ClN4O/c22-17-7-8-18-19(13-17)23-20(24-21(18)27)15-26-10-4-9-25(11-12-26)14-16-5-2-1-3-6-16/h1-3,5-8,13H,4,9-12,14-15H2,(H,23,24,27). The second-order valence-electron chi connectivity index (χ2n) is 7.07. The van der Waals surface area contributed by atoms with Crippen LogP contribution in [0, 0.1) is 0 Å². The van der Waals surface area contributed by atoms with Crippen molar-refractivity contribution in [3.05, 3.63) is 75.3 Å². The summed E-state index contributed by atoms with van der Waals surface area (Å²) in [5.74, 6) is 0.700. The van der Waals surface area contributed by atoms with Crippen LogP contribution >= 0.6 is 11.6 Å². The minimum Gasteiger partial charge on any atom is -0.309 e. The predicted molar refractivity (Wildman–Crippen MR) is 109 cm³/mol.